The lowest BCUT2D eigenvalue weighted by molar-refractivity contribution is -0.120. The van der Waals surface area contributed by atoms with Crippen LogP contribution < -0.4 is 15.5 Å². The molecule has 3 aromatic carbocycles. The number of halogens is 2. The van der Waals surface area contributed by atoms with Crippen molar-refractivity contribution in [1.82, 2.24) is 10.7 Å². The summed E-state index contributed by atoms with van der Waals surface area (Å²) in [6.07, 6.45) is 1.42. The van der Waals surface area contributed by atoms with Crippen molar-refractivity contribution in [2.24, 2.45) is 5.10 Å². The lowest BCUT2D eigenvalue weighted by Gasteiger charge is -2.06. The van der Waals surface area contributed by atoms with Gasteiger partial charge in [-0.1, -0.05) is 40.9 Å². The summed E-state index contributed by atoms with van der Waals surface area (Å²) in [5.41, 5.74) is 4.61. The summed E-state index contributed by atoms with van der Waals surface area (Å²) >= 11 is 11.8. The van der Waals surface area contributed by atoms with E-state index in [9.17, 15) is 14.4 Å². The van der Waals surface area contributed by atoms with Crippen LogP contribution in [-0.2, 0) is 4.79 Å². The third-order valence-electron chi connectivity index (χ3n) is 4.33. The zero-order valence-corrected chi connectivity index (χ0v) is 19.0. The first-order valence-electron chi connectivity index (χ1n) is 9.76. The van der Waals surface area contributed by atoms with Gasteiger partial charge < -0.3 is 10.1 Å². The predicted octanol–water partition coefficient (Wildman–Crippen LogP) is 4.40. The smallest absolute Gasteiger partial charge is 0.345 e. The lowest BCUT2D eigenvalue weighted by Crippen LogP contribution is -2.34. The van der Waals surface area contributed by atoms with E-state index in [-0.39, 0.29) is 23.0 Å². The van der Waals surface area contributed by atoms with E-state index in [4.69, 9.17) is 27.9 Å². The quantitative estimate of drug-likeness (QED) is 0.225. The molecule has 0 fully saturated rings. The van der Waals surface area contributed by atoms with Crippen LogP contribution in [0.4, 0.5) is 0 Å². The number of hydrazone groups is 1. The minimum Gasteiger partial charge on any atom is -0.423 e. The van der Waals surface area contributed by atoms with Crippen molar-refractivity contribution in [1.29, 1.82) is 0 Å². The van der Waals surface area contributed by atoms with Crippen LogP contribution in [0.1, 0.15) is 31.8 Å². The molecule has 7 nitrogen and oxygen atoms in total. The van der Waals surface area contributed by atoms with Crippen LogP contribution >= 0.6 is 23.2 Å². The van der Waals surface area contributed by atoms with Gasteiger partial charge in [-0.05, 0) is 67.1 Å². The summed E-state index contributed by atoms with van der Waals surface area (Å²) in [5.74, 6) is -1.12. The molecule has 0 spiro atoms. The van der Waals surface area contributed by atoms with Gasteiger partial charge in [0.25, 0.3) is 11.8 Å². The fraction of sp³-hybridized carbons (Fsp3) is 0.0833. The molecule has 0 saturated carbocycles. The molecule has 168 valence electrons. The number of nitrogens with one attached hydrogen (secondary N) is 2. The van der Waals surface area contributed by atoms with Gasteiger partial charge in [0.05, 0.1) is 23.3 Å². The van der Waals surface area contributed by atoms with Gasteiger partial charge in [0.2, 0.25) is 0 Å². The fourth-order valence-corrected chi connectivity index (χ4v) is 3.19. The highest BCUT2D eigenvalue weighted by Gasteiger charge is 2.13. The van der Waals surface area contributed by atoms with Crippen LogP contribution in [0, 0.1) is 6.92 Å². The van der Waals surface area contributed by atoms with Gasteiger partial charge in [0, 0.05) is 10.6 Å². The van der Waals surface area contributed by atoms with Gasteiger partial charge in [-0.25, -0.2) is 10.2 Å². The monoisotopic (exact) mass is 483 g/mol. The first-order valence-corrected chi connectivity index (χ1v) is 10.5. The fourth-order valence-electron chi connectivity index (χ4n) is 2.71. The van der Waals surface area contributed by atoms with Crippen molar-refractivity contribution in [2.75, 3.05) is 6.54 Å². The maximum absolute atomic E-state index is 12.2. The molecule has 2 amide bonds. The maximum Gasteiger partial charge on any atom is 0.345 e. The Hall–Kier alpha value is -3.68. The van der Waals surface area contributed by atoms with Gasteiger partial charge in [0.15, 0.2) is 0 Å². The summed E-state index contributed by atoms with van der Waals surface area (Å²) < 4.78 is 5.30. The third-order valence-corrected chi connectivity index (χ3v) is 4.88. The molecule has 33 heavy (non-hydrogen) atoms. The molecule has 2 N–H and O–H groups in total. The molecule has 3 rings (SSSR count). The van der Waals surface area contributed by atoms with E-state index in [1.807, 2.05) is 13.0 Å². The Labute approximate surface area is 200 Å². The molecule has 0 aliphatic rings. The molecule has 0 aliphatic carbocycles. The first-order chi connectivity index (χ1) is 15.8. The summed E-state index contributed by atoms with van der Waals surface area (Å²) in [5, 5.41) is 7.00. The molecule has 0 unspecified atom stereocenters. The molecular weight excluding hydrogens is 465 g/mol. The standard InChI is InChI=1S/C24H19Cl2N3O4/c1-15-3-2-4-17(11-15)23(31)27-14-22(30)29-28-13-16-5-8-19(9-6-16)33-24(32)20-10-7-18(25)12-21(20)26/h2-13H,14H2,1H3,(H,27,31)(H,29,30). The Morgan fingerprint density at radius 3 is 2.45 bits per heavy atom. The Morgan fingerprint density at radius 1 is 1.00 bits per heavy atom. The Balaban J connectivity index is 1.47. The number of nitrogens with zero attached hydrogens (tertiary/aromatic N) is 1. The van der Waals surface area contributed by atoms with Crippen molar-refractivity contribution >= 4 is 47.2 Å². The Morgan fingerprint density at radius 2 is 1.76 bits per heavy atom. The zero-order chi connectivity index (χ0) is 23.8. The number of esters is 1. The van der Waals surface area contributed by atoms with Crippen LogP contribution in [0.5, 0.6) is 5.75 Å². The summed E-state index contributed by atoms with van der Waals surface area (Å²) in [4.78, 5) is 36.2. The number of carbonyl (C=O) groups is 3. The average Bonchev–Trinajstić information content (AvgIpc) is 2.78. The summed E-state index contributed by atoms with van der Waals surface area (Å²) in [6.45, 7) is 1.66. The maximum atomic E-state index is 12.2. The molecule has 3 aromatic rings. The van der Waals surface area contributed by atoms with Crippen LogP contribution in [0.3, 0.4) is 0 Å². The Bertz CT molecular complexity index is 1210. The largest absolute Gasteiger partial charge is 0.423 e. The van der Waals surface area contributed by atoms with Gasteiger partial charge in [0.1, 0.15) is 5.75 Å². The van der Waals surface area contributed by atoms with Crippen molar-refractivity contribution < 1.29 is 19.1 Å². The topological polar surface area (TPSA) is 96.9 Å². The van der Waals surface area contributed by atoms with Crippen LogP contribution in [0.25, 0.3) is 0 Å². The number of hydrogen-bond donors (Lipinski definition) is 2. The highest BCUT2D eigenvalue weighted by molar-refractivity contribution is 6.36. The second kappa shape index (κ2) is 11.3. The van der Waals surface area contributed by atoms with Gasteiger partial charge in [-0.3, -0.25) is 9.59 Å². The summed E-state index contributed by atoms with van der Waals surface area (Å²) in [7, 11) is 0. The van der Waals surface area contributed by atoms with Crippen molar-refractivity contribution in [2.45, 2.75) is 6.92 Å². The molecule has 0 heterocycles. The van der Waals surface area contributed by atoms with E-state index < -0.39 is 11.9 Å². The number of benzene rings is 3. The minimum atomic E-state index is -0.613. The van der Waals surface area contributed by atoms with E-state index >= 15 is 0 Å². The van der Waals surface area contributed by atoms with Crippen LogP contribution in [0.15, 0.2) is 71.8 Å². The summed E-state index contributed by atoms with van der Waals surface area (Å²) in [6, 6.07) is 18.0. The van der Waals surface area contributed by atoms with Crippen molar-refractivity contribution in [3.63, 3.8) is 0 Å². The second-order valence-corrected chi connectivity index (χ2v) is 7.77. The second-order valence-electron chi connectivity index (χ2n) is 6.93. The van der Waals surface area contributed by atoms with Gasteiger partial charge in [-0.15, -0.1) is 0 Å². The number of aryl methyl sites for hydroxylation is 1. The molecule has 0 aliphatic heterocycles. The molecule has 9 heteroatoms. The number of carbonyl (C=O) groups excluding carboxylic acids is 3. The molecule has 0 saturated heterocycles. The third kappa shape index (κ3) is 7.17. The van der Waals surface area contributed by atoms with E-state index in [0.717, 1.165) is 5.56 Å². The van der Waals surface area contributed by atoms with E-state index in [1.54, 1.807) is 48.5 Å². The highest BCUT2D eigenvalue weighted by Crippen LogP contribution is 2.23. The normalized spacial score (nSPS) is 10.6. The number of hydrogen-bond acceptors (Lipinski definition) is 5. The van der Waals surface area contributed by atoms with Crippen molar-refractivity contribution in [3.8, 4) is 5.75 Å². The number of ether oxygens (including phenoxy) is 1. The van der Waals surface area contributed by atoms with E-state index in [1.165, 1.54) is 18.3 Å². The molecular formula is C24H19Cl2N3O4. The van der Waals surface area contributed by atoms with Gasteiger partial charge >= 0.3 is 5.97 Å². The van der Waals surface area contributed by atoms with Crippen LogP contribution in [-0.4, -0.2) is 30.5 Å². The zero-order valence-electron chi connectivity index (χ0n) is 17.5. The SMILES string of the molecule is Cc1cccc(C(=O)NCC(=O)NN=Cc2ccc(OC(=O)c3ccc(Cl)cc3Cl)cc2)c1. The van der Waals surface area contributed by atoms with Crippen molar-refractivity contribution in [3.05, 3.63) is 99.0 Å². The van der Waals surface area contributed by atoms with Gasteiger partial charge in [-0.2, -0.15) is 5.10 Å². The van der Waals surface area contributed by atoms with Crippen LogP contribution in [0.2, 0.25) is 10.0 Å². The lowest BCUT2D eigenvalue weighted by atomic mass is 10.1. The highest BCUT2D eigenvalue weighted by atomic mass is 35.5. The Kier molecular flexibility index (Phi) is 8.18. The van der Waals surface area contributed by atoms with E-state index in [2.05, 4.69) is 15.8 Å². The van der Waals surface area contributed by atoms with E-state index in [0.29, 0.717) is 21.9 Å². The predicted molar refractivity (Wildman–Crippen MR) is 127 cm³/mol. The first kappa shape index (κ1) is 24.0. The molecule has 0 radical (unpaired) electrons. The number of rotatable bonds is 7. The molecule has 0 aromatic heterocycles. The minimum absolute atomic E-state index is 0.196. The molecule has 0 bridgehead atoms. The molecule has 0 atom stereocenters. The number of amides is 2. The average molecular weight is 484 g/mol.